The molecule has 0 saturated carbocycles. The molecular weight excluding hydrogens is 514 g/mol. The van der Waals surface area contributed by atoms with Crippen LogP contribution in [0.4, 0.5) is 5.69 Å². The van der Waals surface area contributed by atoms with Gasteiger partial charge in [-0.1, -0.05) is 48.0 Å². The predicted molar refractivity (Wildman–Crippen MR) is 142 cm³/mol. The number of aromatic nitrogens is 2. The molecule has 8 nitrogen and oxygen atoms in total. The summed E-state index contributed by atoms with van der Waals surface area (Å²) < 4.78 is 31.3. The molecule has 1 heterocycles. The predicted octanol–water partition coefficient (Wildman–Crippen LogP) is 4.77. The van der Waals surface area contributed by atoms with Crippen LogP contribution in [0, 0.1) is 6.92 Å². The molecule has 10 heteroatoms. The molecule has 1 aromatic heterocycles. The summed E-state index contributed by atoms with van der Waals surface area (Å²) in [4.78, 5) is 29.4. The van der Waals surface area contributed by atoms with Crippen LogP contribution < -0.4 is 4.31 Å². The van der Waals surface area contributed by atoms with Crippen LogP contribution in [0.25, 0.3) is 5.69 Å². The number of anilines is 1. The van der Waals surface area contributed by atoms with Crippen LogP contribution >= 0.6 is 11.6 Å². The van der Waals surface area contributed by atoms with Gasteiger partial charge in [-0.3, -0.25) is 4.79 Å². The van der Waals surface area contributed by atoms with Gasteiger partial charge in [0, 0.05) is 6.20 Å². The fourth-order valence-corrected chi connectivity index (χ4v) is 4.72. The van der Waals surface area contributed by atoms with Crippen LogP contribution in [-0.2, 0) is 22.0 Å². The van der Waals surface area contributed by atoms with E-state index >= 15 is 0 Å². The number of carbonyl (C=O) groups excluding carboxylic acids is 2. The van der Waals surface area contributed by atoms with Crippen LogP contribution in [-0.4, -0.2) is 36.5 Å². The minimum atomic E-state index is -3.33. The Morgan fingerprint density at radius 2 is 1.70 bits per heavy atom. The number of hydrogen-bond donors (Lipinski definition) is 1. The maximum atomic E-state index is 13.2. The van der Waals surface area contributed by atoms with Crippen molar-refractivity contribution in [1.29, 1.82) is 0 Å². The minimum absolute atomic E-state index is 0.0735. The third kappa shape index (κ3) is 5.90. The quantitative estimate of drug-likeness (QED) is 0.257. The lowest BCUT2D eigenvalue weighted by atomic mass is 10.0. The Balaban J connectivity index is 1.60. The SMILES string of the molecule is CCOC(=O)c1ccc(N(C(=O)c2cn(-c3ccc(Cc4ccccc4)cc3Cl)c(C)n2)[SH](=O)=O)cc1. The Labute approximate surface area is 221 Å². The van der Waals surface area contributed by atoms with E-state index in [4.69, 9.17) is 16.3 Å². The van der Waals surface area contributed by atoms with Gasteiger partial charge in [-0.2, -0.15) is 0 Å². The normalized spacial score (nSPS) is 10.9. The molecular formula is C27H24ClN3O5S. The van der Waals surface area contributed by atoms with E-state index < -0.39 is 22.8 Å². The second-order valence-electron chi connectivity index (χ2n) is 8.11. The number of aryl methyl sites for hydroxylation is 1. The zero-order valence-corrected chi connectivity index (χ0v) is 21.8. The molecule has 0 unspecified atom stereocenters. The maximum absolute atomic E-state index is 13.2. The Morgan fingerprint density at radius 1 is 1.00 bits per heavy atom. The largest absolute Gasteiger partial charge is 0.462 e. The number of benzene rings is 3. The lowest BCUT2D eigenvalue weighted by Gasteiger charge is -2.15. The summed E-state index contributed by atoms with van der Waals surface area (Å²) >= 11 is 6.58. The van der Waals surface area contributed by atoms with Gasteiger partial charge in [0.15, 0.2) is 0 Å². The van der Waals surface area contributed by atoms with Crippen molar-refractivity contribution in [2.45, 2.75) is 20.3 Å². The number of ether oxygens (including phenoxy) is 1. The molecule has 37 heavy (non-hydrogen) atoms. The van der Waals surface area contributed by atoms with E-state index in [1.807, 2.05) is 48.5 Å². The summed E-state index contributed by atoms with van der Waals surface area (Å²) in [6.45, 7) is 3.59. The number of carbonyl (C=O) groups is 2. The molecule has 4 rings (SSSR count). The van der Waals surface area contributed by atoms with Crippen LogP contribution in [0.3, 0.4) is 0 Å². The first-order valence-corrected chi connectivity index (χ1v) is 12.9. The monoisotopic (exact) mass is 537 g/mol. The first kappa shape index (κ1) is 26.1. The van der Waals surface area contributed by atoms with Gasteiger partial charge in [0.05, 0.1) is 28.6 Å². The molecule has 3 aromatic carbocycles. The molecule has 0 bridgehead atoms. The highest BCUT2D eigenvalue weighted by molar-refractivity contribution is 7.75. The fourth-order valence-electron chi connectivity index (χ4n) is 3.85. The zero-order valence-electron chi connectivity index (χ0n) is 20.1. The third-order valence-electron chi connectivity index (χ3n) is 5.60. The van der Waals surface area contributed by atoms with Gasteiger partial charge in [-0.15, -0.1) is 0 Å². The fraction of sp³-hybridized carbons (Fsp3) is 0.148. The van der Waals surface area contributed by atoms with Gasteiger partial charge in [0.25, 0.3) is 5.91 Å². The number of amides is 1. The lowest BCUT2D eigenvalue weighted by Crippen LogP contribution is -2.29. The molecule has 4 aromatic rings. The summed E-state index contributed by atoms with van der Waals surface area (Å²) in [5, 5.41) is 0.467. The Morgan fingerprint density at radius 3 is 2.32 bits per heavy atom. The van der Waals surface area contributed by atoms with Crippen molar-refractivity contribution in [2.75, 3.05) is 10.9 Å². The molecule has 0 aliphatic rings. The number of thiol groups is 1. The average Bonchev–Trinajstić information content (AvgIpc) is 3.26. The number of esters is 1. The van der Waals surface area contributed by atoms with Crippen molar-refractivity contribution in [1.82, 2.24) is 9.55 Å². The summed E-state index contributed by atoms with van der Waals surface area (Å²) in [6.07, 6.45) is 2.17. The molecule has 1 amide bonds. The number of rotatable bonds is 8. The van der Waals surface area contributed by atoms with Crippen LogP contribution in [0.5, 0.6) is 0 Å². The van der Waals surface area contributed by atoms with E-state index in [1.54, 1.807) is 18.4 Å². The van der Waals surface area contributed by atoms with Crippen molar-refractivity contribution in [3.8, 4) is 5.69 Å². The number of imidazole rings is 1. The lowest BCUT2D eigenvalue weighted by molar-refractivity contribution is 0.0526. The van der Waals surface area contributed by atoms with Gasteiger partial charge in [0.1, 0.15) is 11.5 Å². The topological polar surface area (TPSA) is 98.6 Å². The minimum Gasteiger partial charge on any atom is -0.462 e. The molecule has 0 aliphatic carbocycles. The Kier molecular flexibility index (Phi) is 8.05. The molecule has 190 valence electrons. The van der Waals surface area contributed by atoms with E-state index in [0.717, 1.165) is 11.1 Å². The van der Waals surface area contributed by atoms with Crippen molar-refractivity contribution in [3.63, 3.8) is 0 Å². The van der Waals surface area contributed by atoms with Gasteiger partial charge in [-0.25, -0.2) is 22.5 Å². The molecule has 0 atom stereocenters. The smallest absolute Gasteiger partial charge is 0.338 e. The second kappa shape index (κ2) is 11.4. The summed E-state index contributed by atoms with van der Waals surface area (Å²) in [5.41, 5.74) is 3.03. The molecule has 0 radical (unpaired) electrons. The van der Waals surface area contributed by atoms with Crippen LogP contribution in [0.15, 0.2) is 79.0 Å². The summed E-state index contributed by atoms with van der Waals surface area (Å²) in [7, 11) is -3.33. The van der Waals surface area contributed by atoms with Crippen molar-refractivity contribution >= 4 is 40.1 Å². The summed E-state index contributed by atoms with van der Waals surface area (Å²) in [6, 6.07) is 21.2. The maximum Gasteiger partial charge on any atom is 0.338 e. The number of nitrogens with zero attached hydrogens (tertiary/aromatic N) is 3. The number of hydrogen-bond acceptors (Lipinski definition) is 6. The Hall–Kier alpha value is -3.95. The van der Waals surface area contributed by atoms with Crippen LogP contribution in [0.2, 0.25) is 5.02 Å². The second-order valence-corrected chi connectivity index (χ2v) is 9.40. The molecule has 0 saturated heterocycles. The van der Waals surface area contributed by atoms with Gasteiger partial charge < -0.3 is 9.30 Å². The third-order valence-corrected chi connectivity index (χ3v) is 6.64. The first-order chi connectivity index (χ1) is 17.8. The van der Waals surface area contributed by atoms with Crippen LogP contribution in [0.1, 0.15) is 44.7 Å². The average molecular weight is 538 g/mol. The van der Waals surface area contributed by atoms with E-state index in [9.17, 15) is 18.0 Å². The van der Waals surface area contributed by atoms with Gasteiger partial charge in [0.2, 0.25) is 10.9 Å². The van der Waals surface area contributed by atoms with E-state index in [2.05, 4.69) is 4.98 Å². The summed E-state index contributed by atoms with van der Waals surface area (Å²) in [5.74, 6) is -0.919. The van der Waals surface area contributed by atoms with Crippen molar-refractivity contribution in [3.05, 3.63) is 112 Å². The highest BCUT2D eigenvalue weighted by atomic mass is 35.5. The zero-order chi connectivity index (χ0) is 26.5. The molecule has 0 spiro atoms. The van der Waals surface area contributed by atoms with Crippen molar-refractivity contribution < 1.29 is 22.7 Å². The van der Waals surface area contributed by atoms with E-state index in [1.165, 1.54) is 30.5 Å². The van der Waals surface area contributed by atoms with Gasteiger partial charge in [-0.05, 0) is 67.8 Å². The first-order valence-electron chi connectivity index (χ1n) is 11.4. The highest BCUT2D eigenvalue weighted by Crippen LogP contribution is 2.26. The Bertz CT molecular complexity index is 1510. The highest BCUT2D eigenvalue weighted by Gasteiger charge is 2.24. The molecule has 0 aliphatic heterocycles. The van der Waals surface area contributed by atoms with Crippen molar-refractivity contribution in [2.24, 2.45) is 0 Å². The molecule has 0 N–H and O–H groups in total. The molecule has 0 fully saturated rings. The van der Waals surface area contributed by atoms with E-state index in [0.29, 0.717) is 27.3 Å². The standard InChI is InChI=1S/C27H24ClN3O5S/c1-3-36-27(33)21-10-12-22(13-11-21)31(37(34)35)26(32)24-17-30(18(2)29-24)25-14-9-20(16-23(25)28)15-19-7-5-4-6-8-19/h4-14,16-17,37H,3,15H2,1-2H3. The van der Waals surface area contributed by atoms with Gasteiger partial charge >= 0.3 is 5.97 Å². The number of halogens is 1. The van der Waals surface area contributed by atoms with E-state index in [-0.39, 0.29) is 23.6 Å².